The van der Waals surface area contributed by atoms with Gasteiger partial charge in [0, 0.05) is 38.8 Å². The first-order valence-corrected chi connectivity index (χ1v) is 8.55. The summed E-state index contributed by atoms with van der Waals surface area (Å²) in [5.74, 6) is 4.05. The average molecular weight is 488 g/mol. The molecule has 0 bridgehead atoms. The second-order valence-corrected chi connectivity index (χ2v) is 5.93. The molecule has 0 fully saturated rings. The van der Waals surface area contributed by atoms with Gasteiger partial charge in [0.15, 0.2) is 11.8 Å². The van der Waals surface area contributed by atoms with Gasteiger partial charge < -0.3 is 24.3 Å². The van der Waals surface area contributed by atoms with Crippen molar-refractivity contribution in [2.45, 2.75) is 26.9 Å². The second kappa shape index (κ2) is 11.0. The van der Waals surface area contributed by atoms with E-state index < -0.39 is 0 Å². The first-order valence-electron chi connectivity index (χ1n) is 8.55. The summed E-state index contributed by atoms with van der Waals surface area (Å²) in [4.78, 5) is 6.74. The van der Waals surface area contributed by atoms with Gasteiger partial charge in [0.2, 0.25) is 0 Å². The zero-order valence-electron chi connectivity index (χ0n) is 16.8. The average Bonchev–Trinajstić information content (AvgIpc) is 2.97. The molecule has 0 amide bonds. The zero-order valence-corrected chi connectivity index (χ0v) is 19.1. The van der Waals surface area contributed by atoms with E-state index in [1.807, 2.05) is 50.7 Å². The van der Waals surface area contributed by atoms with Crippen molar-refractivity contribution in [3.8, 4) is 11.5 Å². The number of rotatable bonds is 7. The van der Waals surface area contributed by atoms with Crippen molar-refractivity contribution in [2.24, 2.45) is 12.0 Å². The molecule has 27 heavy (non-hydrogen) atoms. The van der Waals surface area contributed by atoms with Crippen molar-refractivity contribution >= 4 is 29.9 Å². The molecule has 1 N–H and O–H groups in total. The third kappa shape index (κ3) is 5.98. The van der Waals surface area contributed by atoms with Gasteiger partial charge in [0.1, 0.15) is 23.9 Å². The van der Waals surface area contributed by atoms with Crippen molar-refractivity contribution < 1.29 is 9.47 Å². The molecule has 150 valence electrons. The number of methoxy groups -OCH3 is 2. The quantitative estimate of drug-likeness (QED) is 0.367. The highest BCUT2D eigenvalue weighted by Crippen LogP contribution is 2.25. The lowest BCUT2D eigenvalue weighted by molar-refractivity contribution is 0.382. The van der Waals surface area contributed by atoms with E-state index in [-0.39, 0.29) is 24.0 Å². The summed E-state index contributed by atoms with van der Waals surface area (Å²) in [6.07, 6.45) is 0. The number of ether oxygens (including phenoxy) is 2. The molecule has 2 rings (SSSR count). The third-order valence-electron chi connectivity index (χ3n) is 4.15. The molecule has 9 heteroatoms. The predicted octanol–water partition coefficient (Wildman–Crippen LogP) is 2.36. The standard InChI is InChI=1S/C18H28N6O2.HI/c1-7-19-18(20-11-17-22-21-13(2)24(17)4)23(3)12-14-8-9-15(25-5)10-16(14)26-6;/h8-10H,7,11-12H2,1-6H3,(H,19,20);1H. The van der Waals surface area contributed by atoms with Crippen molar-refractivity contribution in [3.63, 3.8) is 0 Å². The van der Waals surface area contributed by atoms with Crippen molar-refractivity contribution in [1.29, 1.82) is 0 Å². The Bertz CT molecular complexity index is 762. The predicted molar refractivity (Wildman–Crippen MR) is 117 cm³/mol. The molecule has 2 aromatic rings. The van der Waals surface area contributed by atoms with Crippen LogP contribution in [0, 0.1) is 6.92 Å². The van der Waals surface area contributed by atoms with Gasteiger partial charge in [0.05, 0.1) is 14.2 Å². The fraction of sp³-hybridized carbons (Fsp3) is 0.500. The Morgan fingerprint density at radius 1 is 1.26 bits per heavy atom. The maximum Gasteiger partial charge on any atom is 0.194 e. The van der Waals surface area contributed by atoms with Gasteiger partial charge in [-0.25, -0.2) is 4.99 Å². The molecule has 1 aromatic heterocycles. The molecule has 0 unspecified atom stereocenters. The highest BCUT2D eigenvalue weighted by molar-refractivity contribution is 14.0. The van der Waals surface area contributed by atoms with Crippen LogP contribution in [0.3, 0.4) is 0 Å². The van der Waals surface area contributed by atoms with Gasteiger partial charge in [-0.2, -0.15) is 0 Å². The van der Waals surface area contributed by atoms with Gasteiger partial charge in [-0.3, -0.25) is 0 Å². The Morgan fingerprint density at radius 2 is 2.00 bits per heavy atom. The molecular weight excluding hydrogens is 459 g/mol. The minimum Gasteiger partial charge on any atom is -0.497 e. The molecule has 0 saturated heterocycles. The Balaban J connectivity index is 0.00000364. The topological polar surface area (TPSA) is 76.8 Å². The number of benzene rings is 1. The number of aromatic nitrogens is 3. The van der Waals surface area contributed by atoms with Crippen LogP contribution in [0.2, 0.25) is 0 Å². The van der Waals surface area contributed by atoms with Crippen LogP contribution in [0.5, 0.6) is 11.5 Å². The molecule has 0 aliphatic heterocycles. The van der Waals surface area contributed by atoms with Gasteiger partial charge in [-0.1, -0.05) is 0 Å². The van der Waals surface area contributed by atoms with E-state index in [9.17, 15) is 0 Å². The van der Waals surface area contributed by atoms with Crippen molar-refractivity contribution in [3.05, 3.63) is 35.4 Å². The minimum absolute atomic E-state index is 0. The summed E-state index contributed by atoms with van der Waals surface area (Å²) >= 11 is 0. The zero-order chi connectivity index (χ0) is 19.1. The first-order chi connectivity index (χ1) is 12.5. The summed E-state index contributed by atoms with van der Waals surface area (Å²) < 4.78 is 12.7. The van der Waals surface area contributed by atoms with E-state index in [2.05, 4.69) is 25.4 Å². The van der Waals surface area contributed by atoms with Gasteiger partial charge in [0.25, 0.3) is 0 Å². The van der Waals surface area contributed by atoms with E-state index in [0.29, 0.717) is 13.1 Å². The first kappa shape index (κ1) is 23.0. The number of guanidine groups is 1. The molecule has 1 aromatic carbocycles. The molecule has 0 spiro atoms. The van der Waals surface area contributed by atoms with Gasteiger partial charge >= 0.3 is 0 Å². The molecule has 1 heterocycles. The van der Waals surface area contributed by atoms with E-state index in [4.69, 9.17) is 9.47 Å². The fourth-order valence-corrected chi connectivity index (χ4v) is 2.52. The molecular formula is C18H29IN6O2. The van der Waals surface area contributed by atoms with Gasteiger partial charge in [-0.15, -0.1) is 34.2 Å². The van der Waals surface area contributed by atoms with Crippen LogP contribution in [0.1, 0.15) is 24.1 Å². The summed E-state index contributed by atoms with van der Waals surface area (Å²) in [6, 6.07) is 5.82. The van der Waals surface area contributed by atoms with E-state index in [0.717, 1.165) is 41.2 Å². The highest BCUT2D eigenvalue weighted by atomic mass is 127. The van der Waals surface area contributed by atoms with Crippen LogP contribution in [0.4, 0.5) is 0 Å². The van der Waals surface area contributed by atoms with Crippen LogP contribution < -0.4 is 14.8 Å². The van der Waals surface area contributed by atoms with Crippen LogP contribution in [-0.4, -0.2) is 53.4 Å². The molecule has 0 aliphatic carbocycles. The molecule has 0 saturated carbocycles. The monoisotopic (exact) mass is 488 g/mol. The van der Waals surface area contributed by atoms with Crippen LogP contribution in [0.15, 0.2) is 23.2 Å². The maximum absolute atomic E-state index is 5.49. The number of aryl methyl sites for hydroxylation is 1. The van der Waals surface area contributed by atoms with Crippen LogP contribution in [-0.2, 0) is 20.1 Å². The third-order valence-corrected chi connectivity index (χ3v) is 4.15. The van der Waals surface area contributed by atoms with Crippen molar-refractivity contribution in [2.75, 3.05) is 27.8 Å². The van der Waals surface area contributed by atoms with Crippen molar-refractivity contribution in [1.82, 2.24) is 25.0 Å². The van der Waals surface area contributed by atoms with E-state index in [1.54, 1.807) is 14.2 Å². The number of halogens is 1. The summed E-state index contributed by atoms with van der Waals surface area (Å²) in [5, 5.41) is 11.5. The molecule has 0 atom stereocenters. The second-order valence-electron chi connectivity index (χ2n) is 5.93. The maximum atomic E-state index is 5.49. The fourth-order valence-electron chi connectivity index (χ4n) is 2.52. The Hall–Kier alpha value is -2.04. The number of hydrogen-bond acceptors (Lipinski definition) is 5. The largest absolute Gasteiger partial charge is 0.497 e. The Morgan fingerprint density at radius 3 is 2.56 bits per heavy atom. The Labute approximate surface area is 178 Å². The number of nitrogens with one attached hydrogen (secondary N) is 1. The smallest absolute Gasteiger partial charge is 0.194 e. The van der Waals surface area contributed by atoms with Gasteiger partial charge in [-0.05, 0) is 26.0 Å². The van der Waals surface area contributed by atoms with Crippen LogP contribution in [0.25, 0.3) is 0 Å². The summed E-state index contributed by atoms with van der Waals surface area (Å²) in [5.41, 5.74) is 1.05. The highest BCUT2D eigenvalue weighted by Gasteiger charge is 2.12. The van der Waals surface area contributed by atoms with E-state index in [1.165, 1.54) is 0 Å². The summed E-state index contributed by atoms with van der Waals surface area (Å²) in [7, 11) is 7.24. The normalized spacial score (nSPS) is 11.0. The lowest BCUT2D eigenvalue weighted by Gasteiger charge is -2.23. The number of hydrogen-bond donors (Lipinski definition) is 1. The SMILES string of the molecule is CCNC(=NCc1nnc(C)n1C)N(C)Cc1ccc(OC)cc1OC.I. The molecule has 8 nitrogen and oxygen atoms in total. The minimum atomic E-state index is 0. The van der Waals surface area contributed by atoms with E-state index >= 15 is 0 Å². The molecule has 0 aliphatic rings. The molecule has 0 radical (unpaired) electrons. The lowest BCUT2D eigenvalue weighted by Crippen LogP contribution is -2.38. The summed E-state index contributed by atoms with van der Waals surface area (Å²) in [6.45, 7) is 5.86. The van der Waals surface area contributed by atoms with Crippen LogP contribution >= 0.6 is 24.0 Å². The Kier molecular flexibility index (Phi) is 9.33. The number of aliphatic imine (C=N–C) groups is 1. The number of nitrogens with zero attached hydrogens (tertiary/aromatic N) is 5. The lowest BCUT2D eigenvalue weighted by atomic mass is 10.2.